The van der Waals surface area contributed by atoms with Crippen LogP contribution in [0.5, 0.6) is 0 Å². The first-order valence-corrected chi connectivity index (χ1v) is 5.74. The molecule has 1 fully saturated rings. The lowest BCUT2D eigenvalue weighted by atomic mass is 10.1. The largest absolute Gasteiger partial charge is 0.383 e. The summed E-state index contributed by atoms with van der Waals surface area (Å²) < 4.78 is 0. The lowest BCUT2D eigenvalue weighted by Gasteiger charge is -2.26. The number of rotatable bonds is 4. The van der Waals surface area contributed by atoms with Gasteiger partial charge in [0, 0.05) is 30.9 Å². The number of allylic oxidation sites excluding steroid dienone is 1. The second-order valence-electron chi connectivity index (χ2n) is 5.11. The first kappa shape index (κ1) is 12.5. The van der Waals surface area contributed by atoms with Gasteiger partial charge >= 0.3 is 0 Å². The van der Waals surface area contributed by atoms with Gasteiger partial charge in [0.2, 0.25) is 0 Å². The summed E-state index contributed by atoms with van der Waals surface area (Å²) >= 11 is 0. The molecule has 0 aliphatic carbocycles. The Morgan fingerprint density at radius 3 is 2.40 bits per heavy atom. The second-order valence-corrected chi connectivity index (χ2v) is 5.11. The smallest absolute Gasteiger partial charge is 0.0552 e. The zero-order valence-corrected chi connectivity index (χ0v) is 10.7. The molecule has 0 amide bonds. The molecule has 1 saturated heterocycles. The van der Waals surface area contributed by atoms with Crippen LogP contribution in [0.25, 0.3) is 0 Å². The molecule has 0 spiro atoms. The Labute approximate surface area is 94.1 Å². The van der Waals surface area contributed by atoms with Crippen molar-refractivity contribution >= 4 is 0 Å². The van der Waals surface area contributed by atoms with Crippen LogP contribution in [0.15, 0.2) is 12.3 Å². The van der Waals surface area contributed by atoms with Gasteiger partial charge in [-0.3, -0.25) is 4.90 Å². The van der Waals surface area contributed by atoms with Gasteiger partial charge in [-0.15, -0.1) is 0 Å². The molecule has 3 nitrogen and oxygen atoms in total. The zero-order valence-electron chi connectivity index (χ0n) is 10.7. The summed E-state index contributed by atoms with van der Waals surface area (Å²) in [6.45, 7) is 12.8. The summed E-state index contributed by atoms with van der Waals surface area (Å²) in [7, 11) is 4.31. The average Bonchev–Trinajstić information content (AvgIpc) is 2.46. The van der Waals surface area contributed by atoms with Gasteiger partial charge in [-0.1, -0.05) is 6.58 Å². The minimum absolute atomic E-state index is 0.514. The summed E-state index contributed by atoms with van der Waals surface area (Å²) in [6.07, 6.45) is 0. The van der Waals surface area contributed by atoms with Crippen molar-refractivity contribution in [2.24, 2.45) is 0 Å². The predicted molar refractivity (Wildman–Crippen MR) is 65.9 cm³/mol. The first-order valence-electron chi connectivity index (χ1n) is 5.74. The van der Waals surface area contributed by atoms with Crippen molar-refractivity contribution in [3.63, 3.8) is 0 Å². The van der Waals surface area contributed by atoms with E-state index in [4.69, 9.17) is 0 Å². The SMILES string of the molecule is C=C(C)N[C@H]1CN(C(C)C)C[C@@H]1N(C)C. The molecule has 1 N–H and O–H groups in total. The van der Waals surface area contributed by atoms with Crippen molar-refractivity contribution in [3.8, 4) is 0 Å². The quantitative estimate of drug-likeness (QED) is 0.752. The molecular weight excluding hydrogens is 186 g/mol. The van der Waals surface area contributed by atoms with Gasteiger partial charge in [-0.2, -0.15) is 0 Å². The van der Waals surface area contributed by atoms with Crippen molar-refractivity contribution in [2.75, 3.05) is 27.2 Å². The van der Waals surface area contributed by atoms with Crippen LogP contribution in [0.2, 0.25) is 0 Å². The summed E-state index contributed by atoms with van der Waals surface area (Å²) in [5.74, 6) is 0. The molecule has 0 bridgehead atoms. The standard InChI is InChI=1S/C12H25N3/c1-9(2)13-11-7-15(10(3)4)8-12(11)14(5)6/h10-13H,1,7-8H2,2-6H3/t11-,12-/m0/s1. The summed E-state index contributed by atoms with van der Waals surface area (Å²) in [5.41, 5.74) is 1.07. The van der Waals surface area contributed by atoms with Gasteiger partial charge in [0.25, 0.3) is 0 Å². The van der Waals surface area contributed by atoms with E-state index < -0.39 is 0 Å². The van der Waals surface area contributed by atoms with Gasteiger partial charge in [-0.25, -0.2) is 0 Å². The van der Waals surface area contributed by atoms with E-state index in [0.29, 0.717) is 18.1 Å². The summed E-state index contributed by atoms with van der Waals surface area (Å²) in [6, 6.07) is 1.73. The van der Waals surface area contributed by atoms with Crippen LogP contribution in [0.1, 0.15) is 20.8 Å². The minimum atomic E-state index is 0.514. The first-order chi connectivity index (χ1) is 6.91. The zero-order chi connectivity index (χ0) is 11.6. The molecule has 1 aliphatic heterocycles. The Bertz CT molecular complexity index is 223. The van der Waals surface area contributed by atoms with E-state index in [1.807, 2.05) is 6.92 Å². The van der Waals surface area contributed by atoms with Crippen LogP contribution in [-0.2, 0) is 0 Å². The number of nitrogens with one attached hydrogen (secondary N) is 1. The van der Waals surface area contributed by atoms with Gasteiger partial charge in [0.1, 0.15) is 0 Å². The molecule has 0 aromatic heterocycles. The third-order valence-electron chi connectivity index (χ3n) is 3.14. The third kappa shape index (κ3) is 3.21. The minimum Gasteiger partial charge on any atom is -0.383 e. The predicted octanol–water partition coefficient (Wildman–Crippen LogP) is 1.13. The highest BCUT2D eigenvalue weighted by Gasteiger charge is 2.34. The van der Waals surface area contributed by atoms with Crippen molar-refractivity contribution in [1.29, 1.82) is 0 Å². The molecule has 1 aliphatic rings. The molecule has 0 unspecified atom stereocenters. The number of nitrogens with zero attached hydrogens (tertiary/aromatic N) is 2. The highest BCUT2D eigenvalue weighted by atomic mass is 15.3. The number of likely N-dealkylation sites (N-methyl/N-ethyl adjacent to an activating group) is 1. The molecule has 0 aromatic rings. The Morgan fingerprint density at radius 2 is 2.00 bits per heavy atom. The van der Waals surface area contributed by atoms with E-state index in [1.165, 1.54) is 0 Å². The van der Waals surface area contributed by atoms with Crippen LogP contribution < -0.4 is 5.32 Å². The molecule has 1 rings (SSSR count). The Hall–Kier alpha value is -0.540. The maximum atomic E-state index is 3.93. The van der Waals surface area contributed by atoms with Gasteiger partial charge in [0.15, 0.2) is 0 Å². The molecule has 1 heterocycles. The van der Waals surface area contributed by atoms with E-state index in [0.717, 1.165) is 18.8 Å². The van der Waals surface area contributed by atoms with Crippen LogP contribution >= 0.6 is 0 Å². The normalized spacial score (nSPS) is 27.7. The average molecular weight is 211 g/mol. The highest BCUT2D eigenvalue weighted by molar-refractivity contribution is 5.00. The van der Waals surface area contributed by atoms with E-state index >= 15 is 0 Å². The second kappa shape index (κ2) is 4.99. The fourth-order valence-corrected chi connectivity index (χ4v) is 2.22. The number of likely N-dealkylation sites (tertiary alicyclic amines) is 1. The van der Waals surface area contributed by atoms with Crippen LogP contribution in [0.4, 0.5) is 0 Å². The lowest BCUT2D eigenvalue weighted by molar-refractivity contribution is 0.235. The van der Waals surface area contributed by atoms with Crippen molar-refractivity contribution in [2.45, 2.75) is 38.9 Å². The van der Waals surface area contributed by atoms with Crippen molar-refractivity contribution in [1.82, 2.24) is 15.1 Å². The van der Waals surface area contributed by atoms with Gasteiger partial charge < -0.3 is 10.2 Å². The topological polar surface area (TPSA) is 18.5 Å². The molecule has 88 valence electrons. The fourth-order valence-electron chi connectivity index (χ4n) is 2.22. The van der Waals surface area contributed by atoms with E-state index in [2.05, 4.69) is 49.6 Å². The number of hydrogen-bond acceptors (Lipinski definition) is 3. The van der Waals surface area contributed by atoms with Gasteiger partial charge in [0.05, 0.1) is 6.04 Å². The van der Waals surface area contributed by atoms with Crippen molar-refractivity contribution < 1.29 is 0 Å². The van der Waals surface area contributed by atoms with E-state index in [1.54, 1.807) is 0 Å². The summed E-state index contributed by atoms with van der Waals surface area (Å²) in [4.78, 5) is 4.83. The Morgan fingerprint density at radius 1 is 1.40 bits per heavy atom. The maximum absolute atomic E-state index is 3.93. The lowest BCUT2D eigenvalue weighted by Crippen LogP contribution is -2.45. The Kier molecular flexibility index (Phi) is 4.17. The van der Waals surface area contributed by atoms with Crippen LogP contribution in [-0.4, -0.2) is 55.1 Å². The molecule has 3 heteroatoms. The molecule has 2 atom stereocenters. The third-order valence-corrected chi connectivity index (χ3v) is 3.14. The molecule has 0 aromatic carbocycles. The fraction of sp³-hybridized carbons (Fsp3) is 0.833. The molecule has 0 saturated carbocycles. The highest BCUT2D eigenvalue weighted by Crippen LogP contribution is 2.17. The van der Waals surface area contributed by atoms with E-state index in [-0.39, 0.29) is 0 Å². The number of hydrogen-bond donors (Lipinski definition) is 1. The summed E-state index contributed by atoms with van der Waals surface area (Å²) in [5, 5.41) is 3.48. The Balaban J connectivity index is 2.63. The maximum Gasteiger partial charge on any atom is 0.0552 e. The molecule has 0 radical (unpaired) electrons. The van der Waals surface area contributed by atoms with Crippen LogP contribution in [0, 0.1) is 0 Å². The van der Waals surface area contributed by atoms with Crippen molar-refractivity contribution in [3.05, 3.63) is 12.3 Å². The molecule has 15 heavy (non-hydrogen) atoms. The van der Waals surface area contributed by atoms with E-state index in [9.17, 15) is 0 Å². The monoisotopic (exact) mass is 211 g/mol. The van der Waals surface area contributed by atoms with Gasteiger partial charge in [-0.05, 0) is 34.9 Å². The molecular formula is C12H25N3. The van der Waals surface area contributed by atoms with Crippen LogP contribution in [0.3, 0.4) is 0 Å².